The monoisotopic (exact) mass is 270 g/mol. The quantitative estimate of drug-likeness (QED) is 0.906. The molecule has 1 atom stereocenters. The summed E-state index contributed by atoms with van der Waals surface area (Å²) in [5, 5.41) is 3.40. The highest BCUT2D eigenvalue weighted by Gasteiger charge is 2.14. The summed E-state index contributed by atoms with van der Waals surface area (Å²) >= 11 is 0. The summed E-state index contributed by atoms with van der Waals surface area (Å²) in [6.07, 6.45) is 4.66. The van der Waals surface area contributed by atoms with Crippen molar-refractivity contribution in [1.82, 2.24) is 10.3 Å². The molecule has 2 rings (SSSR count). The standard InChI is InChI=1S/C17H22N2O/c1-12-9-17(20-4)13(2)8-15(12)16(18-3)10-14-6-5-7-19-11-14/h5-9,11,16,18H,10H2,1-4H3. The highest BCUT2D eigenvalue weighted by molar-refractivity contribution is 5.43. The van der Waals surface area contributed by atoms with Gasteiger partial charge < -0.3 is 10.1 Å². The molecule has 1 heterocycles. The molecule has 1 aromatic carbocycles. The van der Waals surface area contributed by atoms with E-state index in [1.54, 1.807) is 13.3 Å². The fraction of sp³-hybridized carbons (Fsp3) is 0.353. The third-order valence-electron chi connectivity index (χ3n) is 3.67. The van der Waals surface area contributed by atoms with Crippen LogP contribution in [-0.4, -0.2) is 19.1 Å². The number of nitrogens with zero attached hydrogens (tertiary/aromatic N) is 1. The Labute approximate surface area is 121 Å². The second-order valence-electron chi connectivity index (χ2n) is 5.09. The number of aromatic nitrogens is 1. The highest BCUT2D eigenvalue weighted by Crippen LogP contribution is 2.28. The van der Waals surface area contributed by atoms with Crippen molar-refractivity contribution in [1.29, 1.82) is 0 Å². The largest absolute Gasteiger partial charge is 0.496 e. The normalized spacial score (nSPS) is 12.2. The molecule has 0 amide bonds. The summed E-state index contributed by atoms with van der Waals surface area (Å²) in [7, 11) is 3.71. The van der Waals surface area contributed by atoms with Crippen molar-refractivity contribution in [2.45, 2.75) is 26.3 Å². The average molecular weight is 270 g/mol. The Bertz CT molecular complexity index is 567. The van der Waals surface area contributed by atoms with Crippen LogP contribution in [0.3, 0.4) is 0 Å². The molecular formula is C17H22N2O. The van der Waals surface area contributed by atoms with Gasteiger partial charge in [0.15, 0.2) is 0 Å². The number of hydrogen-bond acceptors (Lipinski definition) is 3. The van der Waals surface area contributed by atoms with E-state index in [-0.39, 0.29) is 6.04 Å². The first-order valence-corrected chi connectivity index (χ1v) is 6.87. The zero-order valence-electron chi connectivity index (χ0n) is 12.6. The van der Waals surface area contributed by atoms with E-state index in [1.807, 2.05) is 19.3 Å². The molecule has 0 bridgehead atoms. The van der Waals surface area contributed by atoms with E-state index in [0.29, 0.717) is 0 Å². The maximum atomic E-state index is 5.38. The summed E-state index contributed by atoms with van der Waals surface area (Å²) in [6, 6.07) is 8.70. The van der Waals surface area contributed by atoms with E-state index in [0.717, 1.165) is 12.2 Å². The Balaban J connectivity index is 2.30. The van der Waals surface area contributed by atoms with Crippen LogP contribution in [-0.2, 0) is 6.42 Å². The van der Waals surface area contributed by atoms with Crippen LogP contribution in [0.2, 0.25) is 0 Å². The van der Waals surface area contributed by atoms with E-state index in [9.17, 15) is 0 Å². The topological polar surface area (TPSA) is 34.2 Å². The lowest BCUT2D eigenvalue weighted by Gasteiger charge is -2.20. The van der Waals surface area contributed by atoms with Crippen LogP contribution in [0.1, 0.15) is 28.3 Å². The average Bonchev–Trinajstić information content (AvgIpc) is 2.48. The van der Waals surface area contributed by atoms with Gasteiger partial charge in [-0.1, -0.05) is 12.1 Å². The molecule has 1 N–H and O–H groups in total. The maximum absolute atomic E-state index is 5.38. The number of benzene rings is 1. The van der Waals surface area contributed by atoms with Crippen molar-refractivity contribution in [2.75, 3.05) is 14.2 Å². The van der Waals surface area contributed by atoms with E-state index < -0.39 is 0 Å². The van der Waals surface area contributed by atoms with Crippen LogP contribution in [0.4, 0.5) is 0 Å². The Morgan fingerprint density at radius 2 is 2.05 bits per heavy atom. The van der Waals surface area contributed by atoms with Crippen molar-refractivity contribution in [3.05, 3.63) is 58.9 Å². The minimum atomic E-state index is 0.281. The lowest BCUT2D eigenvalue weighted by atomic mass is 9.94. The summed E-state index contributed by atoms with van der Waals surface area (Å²) < 4.78 is 5.38. The molecule has 1 unspecified atom stereocenters. The first-order chi connectivity index (χ1) is 9.65. The molecule has 0 aliphatic heterocycles. The molecule has 20 heavy (non-hydrogen) atoms. The van der Waals surface area contributed by atoms with Crippen LogP contribution in [0.15, 0.2) is 36.7 Å². The minimum absolute atomic E-state index is 0.281. The number of ether oxygens (including phenoxy) is 1. The summed E-state index contributed by atoms with van der Waals surface area (Å²) in [4.78, 5) is 4.19. The molecule has 0 saturated carbocycles. The number of hydrogen-bond donors (Lipinski definition) is 1. The van der Waals surface area contributed by atoms with Gasteiger partial charge in [-0.3, -0.25) is 4.98 Å². The van der Waals surface area contributed by atoms with E-state index in [1.165, 1.54) is 22.3 Å². The van der Waals surface area contributed by atoms with Crippen molar-refractivity contribution >= 4 is 0 Å². The van der Waals surface area contributed by atoms with Crippen LogP contribution < -0.4 is 10.1 Å². The zero-order valence-corrected chi connectivity index (χ0v) is 12.6. The number of methoxy groups -OCH3 is 1. The van der Waals surface area contributed by atoms with Gasteiger partial charge in [-0.05, 0) is 61.7 Å². The van der Waals surface area contributed by atoms with Crippen LogP contribution in [0, 0.1) is 13.8 Å². The van der Waals surface area contributed by atoms with Gasteiger partial charge in [0.1, 0.15) is 5.75 Å². The molecule has 106 valence electrons. The molecule has 0 radical (unpaired) electrons. The minimum Gasteiger partial charge on any atom is -0.496 e. The fourth-order valence-corrected chi connectivity index (χ4v) is 2.53. The number of likely N-dealkylation sites (N-methyl/N-ethyl adjacent to an activating group) is 1. The highest BCUT2D eigenvalue weighted by atomic mass is 16.5. The Kier molecular flexibility index (Phi) is 4.74. The van der Waals surface area contributed by atoms with Gasteiger partial charge in [-0.2, -0.15) is 0 Å². The molecule has 0 saturated heterocycles. The Morgan fingerprint density at radius 1 is 1.25 bits per heavy atom. The molecule has 1 aromatic heterocycles. The number of nitrogens with one attached hydrogen (secondary N) is 1. The lowest BCUT2D eigenvalue weighted by molar-refractivity contribution is 0.410. The van der Waals surface area contributed by atoms with Gasteiger partial charge >= 0.3 is 0 Å². The third-order valence-corrected chi connectivity index (χ3v) is 3.67. The summed E-state index contributed by atoms with van der Waals surface area (Å²) in [6.45, 7) is 4.21. The Hall–Kier alpha value is -1.87. The SMILES string of the molecule is CNC(Cc1cccnc1)c1cc(C)c(OC)cc1C. The van der Waals surface area contributed by atoms with Crippen molar-refractivity contribution in [2.24, 2.45) is 0 Å². The lowest BCUT2D eigenvalue weighted by Crippen LogP contribution is -2.20. The Morgan fingerprint density at radius 3 is 2.65 bits per heavy atom. The first kappa shape index (κ1) is 14.5. The molecule has 3 heteroatoms. The summed E-state index contributed by atoms with van der Waals surface area (Å²) in [5.74, 6) is 0.947. The van der Waals surface area contributed by atoms with Gasteiger partial charge in [0, 0.05) is 18.4 Å². The first-order valence-electron chi connectivity index (χ1n) is 6.87. The van der Waals surface area contributed by atoms with Gasteiger partial charge in [-0.25, -0.2) is 0 Å². The number of pyridine rings is 1. The molecule has 0 fully saturated rings. The molecular weight excluding hydrogens is 248 g/mol. The predicted molar refractivity (Wildman–Crippen MR) is 82.2 cm³/mol. The molecule has 0 aliphatic carbocycles. The van der Waals surface area contributed by atoms with Crippen LogP contribution in [0.5, 0.6) is 5.75 Å². The molecule has 2 aromatic rings. The van der Waals surface area contributed by atoms with E-state index >= 15 is 0 Å². The van der Waals surface area contributed by atoms with Crippen LogP contribution in [0.25, 0.3) is 0 Å². The van der Waals surface area contributed by atoms with Gasteiger partial charge in [0.2, 0.25) is 0 Å². The molecule has 0 spiro atoms. The van der Waals surface area contributed by atoms with Gasteiger partial charge in [0.25, 0.3) is 0 Å². The number of rotatable bonds is 5. The van der Waals surface area contributed by atoms with Gasteiger partial charge in [-0.15, -0.1) is 0 Å². The van der Waals surface area contributed by atoms with Crippen LogP contribution >= 0.6 is 0 Å². The predicted octanol–water partition coefficient (Wildman–Crippen LogP) is 3.21. The van der Waals surface area contributed by atoms with E-state index in [2.05, 4.69) is 42.3 Å². The smallest absolute Gasteiger partial charge is 0.122 e. The third kappa shape index (κ3) is 3.17. The maximum Gasteiger partial charge on any atom is 0.122 e. The van der Waals surface area contributed by atoms with Crippen molar-refractivity contribution in [3.8, 4) is 5.75 Å². The molecule has 3 nitrogen and oxygen atoms in total. The fourth-order valence-electron chi connectivity index (χ4n) is 2.53. The van der Waals surface area contributed by atoms with E-state index in [4.69, 9.17) is 4.74 Å². The second kappa shape index (κ2) is 6.53. The van der Waals surface area contributed by atoms with Crippen molar-refractivity contribution < 1.29 is 4.74 Å². The zero-order chi connectivity index (χ0) is 14.5. The van der Waals surface area contributed by atoms with Gasteiger partial charge in [0.05, 0.1) is 7.11 Å². The summed E-state index contributed by atoms with van der Waals surface area (Å²) in [5.41, 5.74) is 4.96. The molecule has 0 aliphatic rings. The van der Waals surface area contributed by atoms with Crippen molar-refractivity contribution in [3.63, 3.8) is 0 Å². The number of aryl methyl sites for hydroxylation is 2. The second-order valence-corrected chi connectivity index (χ2v) is 5.09.